The summed E-state index contributed by atoms with van der Waals surface area (Å²) in [7, 11) is 0. The second-order valence-electron chi connectivity index (χ2n) is 6.58. The summed E-state index contributed by atoms with van der Waals surface area (Å²) >= 11 is 1.03. The SMILES string of the molecule is CC(C)(C)OC(=O)Nc1cc(Cc2n[nH]c(=O)s2)nn1-c1ccccc1. The van der Waals surface area contributed by atoms with Crippen LogP contribution in [0.2, 0.25) is 0 Å². The number of carbonyl (C=O) groups excluding carboxylic acids is 1. The van der Waals surface area contributed by atoms with Gasteiger partial charge in [0.2, 0.25) is 0 Å². The van der Waals surface area contributed by atoms with Crippen LogP contribution in [-0.4, -0.2) is 31.7 Å². The maximum Gasteiger partial charge on any atom is 0.413 e. The molecule has 136 valence electrons. The van der Waals surface area contributed by atoms with Gasteiger partial charge >= 0.3 is 11.0 Å². The van der Waals surface area contributed by atoms with Gasteiger partial charge in [0.25, 0.3) is 0 Å². The molecule has 9 heteroatoms. The predicted octanol–water partition coefficient (Wildman–Crippen LogP) is 2.95. The van der Waals surface area contributed by atoms with Crippen molar-refractivity contribution >= 4 is 23.2 Å². The van der Waals surface area contributed by atoms with Crippen LogP contribution in [0.15, 0.2) is 41.2 Å². The summed E-state index contributed by atoms with van der Waals surface area (Å²) in [4.78, 5) is 23.2. The summed E-state index contributed by atoms with van der Waals surface area (Å²) in [5.41, 5.74) is 0.855. The average molecular weight is 373 g/mol. The van der Waals surface area contributed by atoms with E-state index >= 15 is 0 Å². The first-order valence-corrected chi connectivity index (χ1v) is 8.80. The smallest absolute Gasteiger partial charge is 0.413 e. The Morgan fingerprint density at radius 1 is 1.31 bits per heavy atom. The van der Waals surface area contributed by atoms with E-state index in [1.165, 1.54) is 0 Å². The van der Waals surface area contributed by atoms with E-state index < -0.39 is 11.7 Å². The van der Waals surface area contributed by atoms with Crippen molar-refractivity contribution in [3.05, 3.63) is 56.8 Å². The molecule has 3 rings (SSSR count). The lowest BCUT2D eigenvalue weighted by atomic mass is 10.2. The van der Waals surface area contributed by atoms with Gasteiger partial charge in [0.1, 0.15) is 16.4 Å². The number of hydrogen-bond acceptors (Lipinski definition) is 6. The molecule has 0 aliphatic rings. The highest BCUT2D eigenvalue weighted by molar-refractivity contribution is 7.08. The monoisotopic (exact) mass is 373 g/mol. The number of H-pyrrole nitrogens is 1. The van der Waals surface area contributed by atoms with Crippen LogP contribution in [0.4, 0.5) is 10.6 Å². The van der Waals surface area contributed by atoms with Crippen LogP contribution < -0.4 is 10.2 Å². The summed E-state index contributed by atoms with van der Waals surface area (Å²) in [6.07, 6.45) is -0.183. The molecule has 1 aromatic carbocycles. The van der Waals surface area contributed by atoms with E-state index in [2.05, 4.69) is 20.6 Å². The first-order chi connectivity index (χ1) is 12.3. The van der Waals surface area contributed by atoms with E-state index in [4.69, 9.17) is 4.74 Å². The lowest BCUT2D eigenvalue weighted by Gasteiger charge is -2.19. The molecular formula is C17H19N5O3S. The summed E-state index contributed by atoms with van der Waals surface area (Å²) in [5, 5.41) is 14.2. The van der Waals surface area contributed by atoms with Crippen molar-refractivity contribution in [2.75, 3.05) is 5.32 Å². The zero-order chi connectivity index (χ0) is 18.7. The maximum atomic E-state index is 12.2. The molecule has 0 saturated heterocycles. The Morgan fingerprint density at radius 3 is 2.65 bits per heavy atom. The molecule has 0 atom stereocenters. The van der Waals surface area contributed by atoms with E-state index in [1.807, 2.05) is 30.3 Å². The van der Waals surface area contributed by atoms with Crippen LogP contribution in [-0.2, 0) is 11.2 Å². The summed E-state index contributed by atoms with van der Waals surface area (Å²) in [6.45, 7) is 5.39. The zero-order valence-corrected chi connectivity index (χ0v) is 15.5. The Hall–Kier alpha value is -2.94. The zero-order valence-electron chi connectivity index (χ0n) is 14.6. The molecule has 0 aliphatic carbocycles. The van der Waals surface area contributed by atoms with Gasteiger partial charge in [-0.2, -0.15) is 10.2 Å². The molecule has 2 aromatic heterocycles. The Labute approximate surface area is 153 Å². The second-order valence-corrected chi connectivity index (χ2v) is 7.62. The summed E-state index contributed by atoms with van der Waals surface area (Å²) < 4.78 is 6.94. The van der Waals surface area contributed by atoms with Crippen LogP contribution in [0.3, 0.4) is 0 Å². The number of rotatable bonds is 4. The predicted molar refractivity (Wildman–Crippen MR) is 99.0 cm³/mol. The average Bonchev–Trinajstić information content (AvgIpc) is 3.13. The number of nitrogens with one attached hydrogen (secondary N) is 2. The van der Waals surface area contributed by atoms with Crippen molar-refractivity contribution in [1.82, 2.24) is 20.0 Å². The number of aromatic nitrogens is 4. The number of benzene rings is 1. The molecular weight excluding hydrogens is 354 g/mol. The highest BCUT2D eigenvalue weighted by atomic mass is 32.1. The molecule has 0 radical (unpaired) electrons. The molecule has 26 heavy (non-hydrogen) atoms. The third kappa shape index (κ3) is 4.57. The Kier molecular flexibility index (Phi) is 4.90. The minimum Gasteiger partial charge on any atom is -0.444 e. The van der Waals surface area contributed by atoms with Gasteiger partial charge in [-0.3, -0.25) is 10.1 Å². The van der Waals surface area contributed by atoms with Gasteiger partial charge in [-0.05, 0) is 32.9 Å². The van der Waals surface area contributed by atoms with Crippen molar-refractivity contribution in [2.45, 2.75) is 32.8 Å². The number of amides is 1. The number of anilines is 1. The fraction of sp³-hybridized carbons (Fsp3) is 0.294. The molecule has 0 aliphatic heterocycles. The van der Waals surface area contributed by atoms with Crippen LogP contribution in [0.25, 0.3) is 5.69 Å². The van der Waals surface area contributed by atoms with Crippen LogP contribution in [0, 0.1) is 0 Å². The number of hydrogen-bond donors (Lipinski definition) is 2. The Balaban J connectivity index is 1.90. The van der Waals surface area contributed by atoms with E-state index in [0.29, 0.717) is 22.9 Å². The third-order valence-electron chi connectivity index (χ3n) is 3.20. The molecule has 3 aromatic rings. The summed E-state index contributed by atoms with van der Waals surface area (Å²) in [6, 6.07) is 11.2. The molecule has 0 fully saturated rings. The van der Waals surface area contributed by atoms with Gasteiger partial charge < -0.3 is 4.74 Å². The molecule has 0 saturated carbocycles. The van der Waals surface area contributed by atoms with Crippen LogP contribution >= 0.6 is 11.3 Å². The molecule has 2 heterocycles. The highest BCUT2D eigenvalue weighted by Crippen LogP contribution is 2.20. The highest BCUT2D eigenvalue weighted by Gasteiger charge is 2.19. The number of para-hydroxylation sites is 1. The van der Waals surface area contributed by atoms with Gasteiger partial charge in [-0.25, -0.2) is 14.6 Å². The lowest BCUT2D eigenvalue weighted by Crippen LogP contribution is -2.27. The number of nitrogens with zero attached hydrogens (tertiary/aromatic N) is 3. The fourth-order valence-corrected chi connectivity index (χ4v) is 2.89. The molecule has 2 N–H and O–H groups in total. The minimum atomic E-state index is -0.605. The molecule has 1 amide bonds. The van der Waals surface area contributed by atoms with E-state index in [0.717, 1.165) is 17.0 Å². The van der Waals surface area contributed by atoms with Gasteiger partial charge in [-0.1, -0.05) is 29.5 Å². The third-order valence-corrected chi connectivity index (χ3v) is 3.95. The molecule has 0 unspecified atom stereocenters. The normalized spacial score (nSPS) is 11.3. The van der Waals surface area contributed by atoms with E-state index in [-0.39, 0.29) is 4.87 Å². The topological polar surface area (TPSA) is 102 Å². The maximum absolute atomic E-state index is 12.2. The Morgan fingerprint density at radius 2 is 2.04 bits per heavy atom. The number of carbonyl (C=O) groups is 1. The quantitative estimate of drug-likeness (QED) is 0.732. The first-order valence-electron chi connectivity index (χ1n) is 7.99. The van der Waals surface area contributed by atoms with Gasteiger partial charge in [0.05, 0.1) is 11.4 Å². The van der Waals surface area contributed by atoms with E-state index in [9.17, 15) is 9.59 Å². The Bertz CT molecular complexity index is 953. The van der Waals surface area contributed by atoms with Crippen molar-refractivity contribution in [2.24, 2.45) is 0 Å². The lowest BCUT2D eigenvalue weighted by molar-refractivity contribution is 0.0635. The second kappa shape index (κ2) is 7.12. The van der Waals surface area contributed by atoms with Gasteiger partial charge in [-0.15, -0.1) is 0 Å². The molecule has 8 nitrogen and oxygen atoms in total. The van der Waals surface area contributed by atoms with Crippen LogP contribution in [0.1, 0.15) is 31.5 Å². The van der Waals surface area contributed by atoms with Crippen molar-refractivity contribution in [3.8, 4) is 5.69 Å². The standard InChI is InChI=1S/C17H19N5O3S/c1-17(2,3)25-15(23)18-13-9-11(10-14-19-20-16(24)26-14)21-22(13)12-7-5-4-6-8-12/h4-9H,10H2,1-3H3,(H,18,23)(H,20,24). The molecule has 0 spiro atoms. The summed E-state index contributed by atoms with van der Waals surface area (Å²) in [5.74, 6) is 0.475. The van der Waals surface area contributed by atoms with Crippen LogP contribution in [0.5, 0.6) is 0 Å². The van der Waals surface area contributed by atoms with Gasteiger partial charge in [0.15, 0.2) is 0 Å². The largest absolute Gasteiger partial charge is 0.444 e. The minimum absolute atomic E-state index is 0.213. The van der Waals surface area contributed by atoms with Crippen molar-refractivity contribution < 1.29 is 9.53 Å². The first kappa shape index (κ1) is 17.9. The number of ether oxygens (including phenoxy) is 1. The van der Waals surface area contributed by atoms with Crippen molar-refractivity contribution in [3.63, 3.8) is 0 Å². The van der Waals surface area contributed by atoms with Crippen molar-refractivity contribution in [1.29, 1.82) is 0 Å². The van der Waals surface area contributed by atoms with Gasteiger partial charge in [0, 0.05) is 12.5 Å². The molecule has 0 bridgehead atoms. The van der Waals surface area contributed by atoms with E-state index in [1.54, 1.807) is 31.5 Å². The fourth-order valence-electron chi connectivity index (χ4n) is 2.27. The number of aromatic amines is 1.